The van der Waals surface area contributed by atoms with Gasteiger partial charge in [-0.3, -0.25) is 4.79 Å². The first-order valence-electron chi connectivity index (χ1n) is 16.6. The van der Waals surface area contributed by atoms with Crippen molar-refractivity contribution in [3.8, 4) is 0 Å². The molecule has 0 radical (unpaired) electrons. The Morgan fingerprint density at radius 2 is 1.52 bits per heavy atom. The van der Waals surface area contributed by atoms with E-state index in [1.54, 1.807) is 0 Å². The minimum absolute atomic E-state index is 0.102. The lowest BCUT2D eigenvalue weighted by atomic mass is 9.88. The van der Waals surface area contributed by atoms with Crippen LogP contribution >= 0.6 is 0 Å². The van der Waals surface area contributed by atoms with Crippen molar-refractivity contribution in [2.75, 3.05) is 39.8 Å². The second-order valence-electron chi connectivity index (χ2n) is 13.0. The van der Waals surface area contributed by atoms with E-state index in [0.717, 1.165) is 63.8 Å². The largest absolute Gasteiger partial charge is 0.449 e. The molecule has 5 rings (SSSR count). The van der Waals surface area contributed by atoms with Crippen LogP contribution in [-0.4, -0.2) is 78.6 Å². The lowest BCUT2D eigenvalue weighted by Gasteiger charge is -2.39. The van der Waals surface area contributed by atoms with Gasteiger partial charge in [0.05, 0.1) is 6.61 Å². The maximum atomic E-state index is 13.3. The van der Waals surface area contributed by atoms with Crippen molar-refractivity contribution in [3.63, 3.8) is 0 Å². The lowest BCUT2D eigenvalue weighted by Crippen LogP contribution is -2.49. The standard InChI is InChI=1S/C36H51N3O3/c1-3-21-39(36(41)42-27-28-13-7-4-8-14-28)32-19-22-38(23-20-32)26-31-24-33(25-34(31)29-15-9-5-10-16-29)37(2)35(40)30-17-11-6-12-18-30/h5-6,9-12,15-18,28,31-34H,3-4,7-8,13-14,19-27H2,1-2H3. The summed E-state index contributed by atoms with van der Waals surface area (Å²) in [4.78, 5) is 33.1. The summed E-state index contributed by atoms with van der Waals surface area (Å²) in [5.74, 6) is 1.58. The van der Waals surface area contributed by atoms with Crippen molar-refractivity contribution < 1.29 is 14.3 Å². The van der Waals surface area contributed by atoms with Crippen LogP contribution in [0.25, 0.3) is 0 Å². The third kappa shape index (κ3) is 7.75. The molecule has 2 saturated carbocycles. The highest BCUT2D eigenvalue weighted by atomic mass is 16.6. The Labute approximate surface area is 253 Å². The number of amides is 2. The minimum Gasteiger partial charge on any atom is -0.449 e. The van der Waals surface area contributed by atoms with Gasteiger partial charge in [0, 0.05) is 50.9 Å². The predicted molar refractivity (Wildman–Crippen MR) is 169 cm³/mol. The van der Waals surface area contributed by atoms with E-state index < -0.39 is 0 Å². The van der Waals surface area contributed by atoms with E-state index in [1.807, 2.05) is 47.2 Å². The number of nitrogens with zero attached hydrogens (tertiary/aromatic N) is 3. The van der Waals surface area contributed by atoms with Gasteiger partial charge >= 0.3 is 6.09 Å². The van der Waals surface area contributed by atoms with Gasteiger partial charge in [-0.15, -0.1) is 0 Å². The summed E-state index contributed by atoms with van der Waals surface area (Å²) in [5.41, 5.74) is 2.14. The summed E-state index contributed by atoms with van der Waals surface area (Å²) in [7, 11) is 1.98. The lowest BCUT2D eigenvalue weighted by molar-refractivity contribution is 0.0491. The summed E-state index contributed by atoms with van der Waals surface area (Å²) in [5, 5.41) is 0. The zero-order chi connectivity index (χ0) is 29.3. The number of carbonyl (C=O) groups excluding carboxylic acids is 2. The molecule has 3 unspecified atom stereocenters. The van der Waals surface area contributed by atoms with Crippen LogP contribution in [0.4, 0.5) is 4.79 Å². The van der Waals surface area contributed by atoms with Gasteiger partial charge in [0.25, 0.3) is 5.91 Å². The number of likely N-dealkylation sites (tertiary alicyclic amines) is 1. The Balaban J connectivity index is 1.18. The zero-order valence-electron chi connectivity index (χ0n) is 25.8. The van der Waals surface area contributed by atoms with E-state index in [9.17, 15) is 9.59 Å². The SMILES string of the molecule is CCCN(C(=O)OCC1CCCCC1)C1CCN(CC2CC(N(C)C(=O)c3ccccc3)CC2c2ccccc2)CC1. The van der Waals surface area contributed by atoms with Crippen molar-refractivity contribution in [1.29, 1.82) is 0 Å². The van der Waals surface area contributed by atoms with E-state index in [1.165, 1.54) is 37.7 Å². The summed E-state index contributed by atoms with van der Waals surface area (Å²) in [6.07, 6.45) is 11.1. The van der Waals surface area contributed by atoms with Gasteiger partial charge in [0.2, 0.25) is 0 Å². The van der Waals surface area contributed by atoms with Crippen molar-refractivity contribution in [1.82, 2.24) is 14.7 Å². The Bertz CT molecular complexity index is 1110. The Morgan fingerprint density at radius 3 is 2.19 bits per heavy atom. The van der Waals surface area contributed by atoms with E-state index >= 15 is 0 Å². The Kier molecular flexibility index (Phi) is 11.0. The topological polar surface area (TPSA) is 53.1 Å². The molecule has 3 aliphatic rings. The van der Waals surface area contributed by atoms with E-state index in [-0.39, 0.29) is 24.1 Å². The first-order valence-corrected chi connectivity index (χ1v) is 16.6. The van der Waals surface area contributed by atoms with Gasteiger partial charge < -0.3 is 19.4 Å². The van der Waals surface area contributed by atoms with Crippen molar-refractivity contribution in [3.05, 3.63) is 71.8 Å². The second-order valence-corrected chi connectivity index (χ2v) is 13.0. The Hall–Kier alpha value is -2.86. The fourth-order valence-corrected chi connectivity index (χ4v) is 7.71. The molecule has 0 bridgehead atoms. The summed E-state index contributed by atoms with van der Waals surface area (Å²) in [6, 6.07) is 21.0. The van der Waals surface area contributed by atoms with Crippen LogP contribution in [0.1, 0.15) is 93.0 Å². The summed E-state index contributed by atoms with van der Waals surface area (Å²) in [6.45, 7) is 6.55. The number of hydrogen-bond acceptors (Lipinski definition) is 4. The third-order valence-corrected chi connectivity index (χ3v) is 10.1. The van der Waals surface area contributed by atoms with Crippen LogP contribution < -0.4 is 0 Å². The van der Waals surface area contributed by atoms with Crippen molar-refractivity contribution >= 4 is 12.0 Å². The molecule has 0 spiro atoms. The van der Waals surface area contributed by atoms with E-state index in [0.29, 0.717) is 24.4 Å². The molecule has 0 N–H and O–H groups in total. The zero-order valence-corrected chi connectivity index (χ0v) is 25.8. The van der Waals surface area contributed by atoms with Crippen LogP contribution in [-0.2, 0) is 4.74 Å². The Morgan fingerprint density at radius 1 is 0.857 bits per heavy atom. The molecular weight excluding hydrogens is 522 g/mol. The molecule has 2 amide bonds. The smallest absolute Gasteiger partial charge is 0.410 e. The fourth-order valence-electron chi connectivity index (χ4n) is 7.71. The summed E-state index contributed by atoms with van der Waals surface area (Å²) < 4.78 is 5.87. The fraction of sp³-hybridized carbons (Fsp3) is 0.611. The number of piperidine rings is 1. The molecule has 3 fully saturated rings. The summed E-state index contributed by atoms with van der Waals surface area (Å²) >= 11 is 0. The van der Waals surface area contributed by atoms with Gasteiger partial charge in [-0.05, 0) is 80.4 Å². The molecular formula is C36H51N3O3. The average molecular weight is 574 g/mol. The highest BCUT2D eigenvalue weighted by Gasteiger charge is 2.40. The van der Waals surface area contributed by atoms with Crippen LogP contribution in [0.2, 0.25) is 0 Å². The predicted octanol–water partition coefficient (Wildman–Crippen LogP) is 7.21. The average Bonchev–Trinajstić information content (AvgIpc) is 3.47. The molecule has 1 aliphatic heterocycles. The minimum atomic E-state index is -0.102. The molecule has 2 aromatic rings. The van der Waals surface area contributed by atoms with Gasteiger partial charge in [0.15, 0.2) is 0 Å². The first-order chi connectivity index (χ1) is 20.5. The van der Waals surface area contributed by atoms with Crippen LogP contribution in [0.15, 0.2) is 60.7 Å². The maximum Gasteiger partial charge on any atom is 0.410 e. The normalized spacial score (nSPS) is 23.9. The molecule has 6 nitrogen and oxygen atoms in total. The van der Waals surface area contributed by atoms with Gasteiger partial charge in [-0.2, -0.15) is 0 Å². The molecule has 228 valence electrons. The molecule has 6 heteroatoms. The van der Waals surface area contributed by atoms with Gasteiger partial charge in [-0.25, -0.2) is 4.79 Å². The molecule has 2 aliphatic carbocycles. The molecule has 3 atom stereocenters. The quantitative estimate of drug-likeness (QED) is 0.301. The van der Waals surface area contributed by atoms with Crippen molar-refractivity contribution in [2.24, 2.45) is 11.8 Å². The third-order valence-electron chi connectivity index (χ3n) is 10.1. The molecule has 0 aromatic heterocycles. The van der Waals surface area contributed by atoms with E-state index in [2.05, 4.69) is 42.2 Å². The van der Waals surface area contributed by atoms with Crippen LogP contribution in [0.5, 0.6) is 0 Å². The number of ether oxygens (including phenoxy) is 1. The van der Waals surface area contributed by atoms with E-state index in [4.69, 9.17) is 4.74 Å². The molecule has 2 aromatic carbocycles. The highest BCUT2D eigenvalue weighted by molar-refractivity contribution is 5.94. The number of hydrogen-bond donors (Lipinski definition) is 0. The molecule has 42 heavy (non-hydrogen) atoms. The van der Waals surface area contributed by atoms with Crippen LogP contribution in [0, 0.1) is 11.8 Å². The number of carbonyl (C=O) groups is 2. The molecule has 1 heterocycles. The number of rotatable bonds is 10. The van der Waals surface area contributed by atoms with Gasteiger partial charge in [0.1, 0.15) is 0 Å². The van der Waals surface area contributed by atoms with Crippen molar-refractivity contribution in [2.45, 2.75) is 89.1 Å². The van der Waals surface area contributed by atoms with Crippen LogP contribution in [0.3, 0.4) is 0 Å². The first kappa shape index (κ1) is 30.6. The number of benzene rings is 2. The maximum absolute atomic E-state index is 13.3. The highest BCUT2D eigenvalue weighted by Crippen LogP contribution is 2.42. The molecule has 1 saturated heterocycles. The second kappa shape index (κ2) is 15.0. The monoisotopic (exact) mass is 573 g/mol. The van der Waals surface area contributed by atoms with Gasteiger partial charge in [-0.1, -0.05) is 74.7 Å².